The Labute approximate surface area is 133 Å². The second kappa shape index (κ2) is 6.17. The van der Waals surface area contributed by atoms with Gasteiger partial charge in [0.1, 0.15) is 4.90 Å². The molecule has 2 rings (SSSR count). The highest BCUT2D eigenvalue weighted by atomic mass is 79.9. The number of sulfonamides is 1. The molecule has 0 unspecified atom stereocenters. The first kappa shape index (κ1) is 16.0. The molecule has 112 valence electrons. The second-order valence-electron chi connectivity index (χ2n) is 4.88. The lowest BCUT2D eigenvalue weighted by Crippen LogP contribution is -2.27. The third-order valence-electron chi connectivity index (χ3n) is 3.20. The number of benzene rings is 2. The lowest BCUT2D eigenvalue weighted by molar-refractivity contribution is 0.466. The van der Waals surface area contributed by atoms with E-state index in [-0.39, 0.29) is 17.1 Å². The Morgan fingerprint density at radius 3 is 2.48 bits per heavy atom. The number of halogens is 1. The van der Waals surface area contributed by atoms with E-state index in [1.54, 1.807) is 32.2 Å². The smallest absolute Gasteiger partial charge is 0.245 e. The van der Waals surface area contributed by atoms with Gasteiger partial charge < -0.3 is 5.73 Å². The molecule has 0 bridgehead atoms. The number of nitrogens with two attached hydrogens (primary N) is 1. The van der Waals surface area contributed by atoms with Gasteiger partial charge >= 0.3 is 0 Å². The Hall–Kier alpha value is -1.37. The van der Waals surface area contributed by atoms with Crippen LogP contribution in [0.3, 0.4) is 0 Å². The molecule has 2 aromatic carbocycles. The number of hydrogen-bond donors (Lipinski definition) is 1. The fourth-order valence-electron chi connectivity index (χ4n) is 2.16. The molecule has 0 aliphatic heterocycles. The summed E-state index contributed by atoms with van der Waals surface area (Å²) >= 11 is 3.38. The van der Waals surface area contributed by atoms with Crippen molar-refractivity contribution in [1.82, 2.24) is 4.31 Å². The minimum atomic E-state index is -3.62. The van der Waals surface area contributed by atoms with Gasteiger partial charge in [0.2, 0.25) is 10.0 Å². The van der Waals surface area contributed by atoms with Gasteiger partial charge in [-0.3, -0.25) is 0 Å². The van der Waals surface area contributed by atoms with E-state index in [2.05, 4.69) is 15.9 Å². The van der Waals surface area contributed by atoms with Crippen LogP contribution in [-0.4, -0.2) is 19.8 Å². The van der Waals surface area contributed by atoms with Crippen molar-refractivity contribution in [3.63, 3.8) is 0 Å². The van der Waals surface area contributed by atoms with E-state index in [4.69, 9.17) is 5.73 Å². The van der Waals surface area contributed by atoms with E-state index >= 15 is 0 Å². The van der Waals surface area contributed by atoms with Crippen LogP contribution >= 0.6 is 15.9 Å². The van der Waals surface area contributed by atoms with Crippen molar-refractivity contribution in [3.05, 3.63) is 58.1 Å². The van der Waals surface area contributed by atoms with E-state index < -0.39 is 10.0 Å². The van der Waals surface area contributed by atoms with Crippen LogP contribution in [0.5, 0.6) is 0 Å². The average Bonchev–Trinajstić information content (AvgIpc) is 2.38. The van der Waals surface area contributed by atoms with Gasteiger partial charge in [-0.2, -0.15) is 4.31 Å². The molecule has 0 atom stereocenters. The Balaban J connectivity index is 2.35. The topological polar surface area (TPSA) is 63.4 Å². The number of hydrogen-bond acceptors (Lipinski definition) is 3. The van der Waals surface area contributed by atoms with Crippen molar-refractivity contribution < 1.29 is 8.42 Å². The molecule has 0 radical (unpaired) electrons. The maximum Gasteiger partial charge on any atom is 0.245 e. The first-order valence-electron chi connectivity index (χ1n) is 6.38. The van der Waals surface area contributed by atoms with Crippen LogP contribution in [0, 0.1) is 6.92 Å². The molecule has 21 heavy (non-hydrogen) atoms. The summed E-state index contributed by atoms with van der Waals surface area (Å²) in [7, 11) is -2.06. The first-order valence-corrected chi connectivity index (χ1v) is 8.61. The molecule has 0 fully saturated rings. The average molecular weight is 369 g/mol. The predicted molar refractivity (Wildman–Crippen MR) is 88.4 cm³/mol. The number of anilines is 1. The van der Waals surface area contributed by atoms with Gasteiger partial charge in [-0.25, -0.2) is 8.42 Å². The SMILES string of the molecule is Cc1cccc(N)c1S(=O)(=O)N(C)Cc1cccc(Br)c1. The Morgan fingerprint density at radius 1 is 1.19 bits per heavy atom. The predicted octanol–water partition coefficient (Wildman–Crippen LogP) is 3.16. The third kappa shape index (κ3) is 3.45. The first-order chi connectivity index (χ1) is 9.82. The van der Waals surface area contributed by atoms with E-state index in [0.717, 1.165) is 10.0 Å². The summed E-state index contributed by atoms with van der Waals surface area (Å²) in [6, 6.07) is 12.7. The zero-order chi connectivity index (χ0) is 15.6. The number of aryl methyl sites for hydroxylation is 1. The fourth-order valence-corrected chi connectivity index (χ4v) is 4.08. The Bertz CT molecular complexity index is 740. The van der Waals surface area contributed by atoms with Gasteiger partial charge in [0.05, 0.1) is 5.69 Å². The lowest BCUT2D eigenvalue weighted by Gasteiger charge is -2.20. The largest absolute Gasteiger partial charge is 0.398 e. The van der Waals surface area contributed by atoms with E-state index in [0.29, 0.717) is 5.56 Å². The van der Waals surface area contributed by atoms with E-state index in [1.807, 2.05) is 24.3 Å². The molecular formula is C15H17BrN2O2S. The van der Waals surface area contributed by atoms with Crippen molar-refractivity contribution in [1.29, 1.82) is 0 Å². The van der Waals surface area contributed by atoms with Crippen molar-refractivity contribution in [2.75, 3.05) is 12.8 Å². The molecular weight excluding hydrogens is 352 g/mol. The van der Waals surface area contributed by atoms with Gasteiger partial charge in [0, 0.05) is 18.1 Å². The second-order valence-corrected chi connectivity index (χ2v) is 7.78. The zero-order valence-electron chi connectivity index (χ0n) is 11.9. The van der Waals surface area contributed by atoms with Crippen LogP contribution in [0.2, 0.25) is 0 Å². The van der Waals surface area contributed by atoms with Crippen LogP contribution in [0.15, 0.2) is 51.8 Å². The summed E-state index contributed by atoms with van der Waals surface area (Å²) in [6.07, 6.45) is 0. The minimum Gasteiger partial charge on any atom is -0.398 e. The zero-order valence-corrected chi connectivity index (χ0v) is 14.3. The molecule has 0 spiro atoms. The maximum atomic E-state index is 12.7. The standard InChI is InChI=1S/C15H17BrN2O2S/c1-11-5-3-8-14(17)15(11)21(19,20)18(2)10-12-6-4-7-13(16)9-12/h3-9H,10,17H2,1-2H3. The van der Waals surface area contributed by atoms with Gasteiger partial charge in [-0.05, 0) is 36.2 Å². The molecule has 0 saturated heterocycles. The van der Waals surface area contributed by atoms with Crippen LogP contribution < -0.4 is 5.73 Å². The normalized spacial score (nSPS) is 11.8. The molecule has 2 aromatic rings. The molecule has 0 amide bonds. The molecule has 0 aliphatic rings. The summed E-state index contributed by atoms with van der Waals surface area (Å²) in [5.41, 5.74) is 7.68. The Kier molecular flexibility index (Phi) is 4.70. The van der Waals surface area contributed by atoms with Gasteiger partial charge in [-0.15, -0.1) is 0 Å². The van der Waals surface area contributed by atoms with Crippen molar-refractivity contribution in [3.8, 4) is 0 Å². The molecule has 0 saturated carbocycles. The monoisotopic (exact) mass is 368 g/mol. The third-order valence-corrected chi connectivity index (χ3v) is 5.72. The molecule has 0 aromatic heterocycles. The highest BCUT2D eigenvalue weighted by Gasteiger charge is 2.25. The van der Waals surface area contributed by atoms with Crippen LogP contribution in [0.25, 0.3) is 0 Å². The Morgan fingerprint density at radius 2 is 1.86 bits per heavy atom. The molecule has 0 heterocycles. The molecule has 4 nitrogen and oxygen atoms in total. The summed E-state index contributed by atoms with van der Waals surface area (Å²) in [4.78, 5) is 0.183. The van der Waals surface area contributed by atoms with E-state index in [1.165, 1.54) is 4.31 Å². The quantitative estimate of drug-likeness (QED) is 0.842. The summed E-state index contributed by atoms with van der Waals surface area (Å²) in [6.45, 7) is 2.03. The lowest BCUT2D eigenvalue weighted by atomic mass is 10.2. The fraction of sp³-hybridized carbons (Fsp3) is 0.200. The van der Waals surface area contributed by atoms with Crippen molar-refractivity contribution in [2.45, 2.75) is 18.4 Å². The molecule has 0 aliphatic carbocycles. The summed E-state index contributed by atoms with van der Waals surface area (Å²) in [5, 5.41) is 0. The molecule has 2 N–H and O–H groups in total. The van der Waals surface area contributed by atoms with Crippen LogP contribution in [0.4, 0.5) is 5.69 Å². The highest BCUT2D eigenvalue weighted by Crippen LogP contribution is 2.26. The van der Waals surface area contributed by atoms with Crippen LogP contribution in [-0.2, 0) is 16.6 Å². The number of rotatable bonds is 4. The molecule has 6 heteroatoms. The number of nitrogens with zero attached hydrogens (tertiary/aromatic N) is 1. The summed E-state index contributed by atoms with van der Waals surface area (Å²) in [5.74, 6) is 0. The van der Waals surface area contributed by atoms with Crippen molar-refractivity contribution in [2.24, 2.45) is 0 Å². The maximum absolute atomic E-state index is 12.7. The van der Waals surface area contributed by atoms with Gasteiger partial charge in [0.15, 0.2) is 0 Å². The summed E-state index contributed by atoms with van der Waals surface area (Å²) < 4.78 is 27.6. The van der Waals surface area contributed by atoms with Crippen molar-refractivity contribution >= 4 is 31.6 Å². The highest BCUT2D eigenvalue weighted by molar-refractivity contribution is 9.10. The van der Waals surface area contributed by atoms with E-state index in [9.17, 15) is 8.42 Å². The number of nitrogen functional groups attached to an aromatic ring is 1. The minimum absolute atomic E-state index is 0.183. The van der Waals surface area contributed by atoms with Gasteiger partial charge in [-0.1, -0.05) is 40.2 Å². The van der Waals surface area contributed by atoms with Crippen LogP contribution in [0.1, 0.15) is 11.1 Å². The van der Waals surface area contributed by atoms with Gasteiger partial charge in [0.25, 0.3) is 0 Å².